The van der Waals surface area contributed by atoms with Crippen molar-refractivity contribution >= 4 is 35.4 Å². The highest BCUT2D eigenvalue weighted by molar-refractivity contribution is 6.30. The van der Waals surface area contributed by atoms with Gasteiger partial charge in [0.05, 0.1) is 17.6 Å². The molecule has 0 radical (unpaired) electrons. The van der Waals surface area contributed by atoms with Crippen LogP contribution in [0.2, 0.25) is 5.02 Å². The van der Waals surface area contributed by atoms with E-state index in [-0.39, 0.29) is 19.0 Å². The van der Waals surface area contributed by atoms with E-state index in [0.717, 1.165) is 32.1 Å². The summed E-state index contributed by atoms with van der Waals surface area (Å²) < 4.78 is 6.08. The summed E-state index contributed by atoms with van der Waals surface area (Å²) >= 11 is 5.98. The average molecular weight is 649 g/mol. The van der Waals surface area contributed by atoms with Crippen molar-refractivity contribution < 1.29 is 29.0 Å². The van der Waals surface area contributed by atoms with E-state index >= 15 is 0 Å². The van der Waals surface area contributed by atoms with Gasteiger partial charge < -0.3 is 36.0 Å². The summed E-state index contributed by atoms with van der Waals surface area (Å²) in [5.74, 6) is -0.846. The maximum atomic E-state index is 14.2. The van der Waals surface area contributed by atoms with Crippen LogP contribution in [0, 0.1) is 11.3 Å². The Morgan fingerprint density at radius 3 is 2.29 bits per heavy atom. The van der Waals surface area contributed by atoms with E-state index in [1.165, 1.54) is 11.1 Å². The Kier molecular flexibility index (Phi) is 10.9. The summed E-state index contributed by atoms with van der Waals surface area (Å²) in [6, 6.07) is 0.0509. The third-order valence-electron chi connectivity index (χ3n) is 8.43. The van der Waals surface area contributed by atoms with Crippen LogP contribution < -0.4 is 26.0 Å². The number of urea groups is 1. The fourth-order valence-corrected chi connectivity index (χ4v) is 5.74. The van der Waals surface area contributed by atoms with Gasteiger partial charge in [-0.3, -0.25) is 14.4 Å². The molecule has 4 rings (SSSR count). The van der Waals surface area contributed by atoms with Gasteiger partial charge in [-0.15, -0.1) is 0 Å². The monoisotopic (exact) mass is 648 g/mol. The third-order valence-corrected chi connectivity index (χ3v) is 8.65. The van der Waals surface area contributed by atoms with E-state index in [9.17, 15) is 24.3 Å². The number of aromatic nitrogens is 1. The summed E-state index contributed by atoms with van der Waals surface area (Å²) in [6.45, 7) is 11.1. The molecule has 45 heavy (non-hydrogen) atoms. The van der Waals surface area contributed by atoms with Crippen molar-refractivity contribution in [2.75, 3.05) is 6.54 Å². The lowest BCUT2D eigenvalue weighted by Gasteiger charge is -2.37. The number of pyridine rings is 1. The van der Waals surface area contributed by atoms with Crippen LogP contribution in [0.15, 0.2) is 18.3 Å². The molecule has 0 aromatic carbocycles. The molecule has 2 saturated carbocycles. The summed E-state index contributed by atoms with van der Waals surface area (Å²) in [4.78, 5) is 59.6. The number of carbonyl (C=O) groups excluding carboxylic acids is 4. The minimum absolute atomic E-state index is 0.0619. The molecule has 1 aromatic rings. The molecular weight excluding hydrogens is 600 g/mol. The van der Waals surface area contributed by atoms with Crippen LogP contribution in [0.3, 0.4) is 0 Å². The quantitative estimate of drug-likeness (QED) is 0.246. The summed E-state index contributed by atoms with van der Waals surface area (Å²) in [7, 11) is 0. The van der Waals surface area contributed by atoms with Gasteiger partial charge in [0.1, 0.15) is 18.2 Å². The summed E-state index contributed by atoms with van der Waals surface area (Å²) in [5.41, 5.74) is -1.23. The highest BCUT2D eigenvalue weighted by atomic mass is 35.5. The summed E-state index contributed by atoms with van der Waals surface area (Å²) in [5, 5.41) is 22.9. The van der Waals surface area contributed by atoms with E-state index in [2.05, 4.69) is 26.3 Å². The van der Waals surface area contributed by atoms with Crippen molar-refractivity contribution in [2.24, 2.45) is 11.3 Å². The van der Waals surface area contributed by atoms with Gasteiger partial charge in [0, 0.05) is 30.3 Å². The predicted molar refractivity (Wildman–Crippen MR) is 170 cm³/mol. The van der Waals surface area contributed by atoms with Crippen LogP contribution >= 0.6 is 11.6 Å². The Morgan fingerprint density at radius 1 is 1.07 bits per heavy atom. The van der Waals surface area contributed by atoms with Crippen molar-refractivity contribution in [3.05, 3.63) is 23.4 Å². The first-order valence-corrected chi connectivity index (χ1v) is 16.3. The lowest BCUT2D eigenvalue weighted by atomic mass is 9.79. The number of rotatable bonds is 11. The molecule has 1 saturated heterocycles. The number of amides is 5. The second-order valence-electron chi connectivity index (χ2n) is 14.8. The minimum Gasteiger partial charge on any atom is -0.472 e. The van der Waals surface area contributed by atoms with Gasteiger partial charge in [-0.2, -0.15) is 0 Å². The first-order valence-electron chi connectivity index (χ1n) is 16.0. The molecular formula is C32H49ClN6O6. The highest BCUT2D eigenvalue weighted by Gasteiger charge is 2.47. The molecule has 5 amide bonds. The molecule has 2 aliphatic carbocycles. The zero-order chi connectivity index (χ0) is 33.1. The van der Waals surface area contributed by atoms with Crippen LogP contribution in [-0.2, 0) is 14.4 Å². The fraction of sp³-hybridized carbons (Fsp3) is 0.719. The van der Waals surface area contributed by atoms with Gasteiger partial charge in [-0.1, -0.05) is 51.6 Å². The number of aliphatic hydroxyl groups is 1. The van der Waals surface area contributed by atoms with Gasteiger partial charge in [-0.25, -0.2) is 9.78 Å². The number of likely N-dealkylation sites (tertiary alicyclic amines) is 1. The number of nitrogens with zero attached hydrogens (tertiary/aromatic N) is 2. The van der Waals surface area contributed by atoms with Gasteiger partial charge in [0.25, 0.3) is 5.91 Å². The number of nitrogens with one attached hydrogen (secondary N) is 4. The van der Waals surface area contributed by atoms with Crippen LogP contribution in [0.1, 0.15) is 86.5 Å². The normalized spacial score (nSPS) is 22.4. The maximum absolute atomic E-state index is 14.2. The molecule has 13 heteroatoms. The van der Waals surface area contributed by atoms with E-state index in [1.54, 1.807) is 12.1 Å². The predicted octanol–water partition coefficient (Wildman–Crippen LogP) is 2.91. The Labute approximate surface area is 270 Å². The van der Waals surface area contributed by atoms with Crippen molar-refractivity contribution in [1.82, 2.24) is 31.2 Å². The molecule has 3 aliphatic rings. The van der Waals surface area contributed by atoms with Crippen molar-refractivity contribution in [1.29, 1.82) is 0 Å². The second-order valence-corrected chi connectivity index (χ2v) is 15.3. The molecule has 3 fully saturated rings. The number of ether oxygens (including phenoxy) is 1. The minimum atomic E-state index is -1.42. The van der Waals surface area contributed by atoms with E-state index in [0.29, 0.717) is 23.2 Å². The van der Waals surface area contributed by atoms with Crippen LogP contribution in [0.4, 0.5) is 4.79 Å². The van der Waals surface area contributed by atoms with Gasteiger partial charge in [0.2, 0.25) is 17.7 Å². The van der Waals surface area contributed by atoms with E-state index in [1.807, 2.05) is 41.5 Å². The molecule has 5 N–H and O–H groups in total. The third kappa shape index (κ3) is 9.93. The Hall–Kier alpha value is -3.12. The zero-order valence-corrected chi connectivity index (χ0v) is 27.9. The Bertz CT molecular complexity index is 1220. The van der Waals surface area contributed by atoms with Crippen molar-refractivity contribution in [2.45, 2.75) is 128 Å². The number of carbonyl (C=O) groups is 4. The number of aliphatic hydroxyl groups excluding tert-OH is 1. The van der Waals surface area contributed by atoms with Crippen LogP contribution in [-0.4, -0.2) is 87.2 Å². The molecule has 2 unspecified atom stereocenters. The summed E-state index contributed by atoms with van der Waals surface area (Å²) in [6.07, 6.45) is 4.80. The lowest BCUT2D eigenvalue weighted by Crippen LogP contribution is -2.61. The number of hydrogen-bond donors (Lipinski definition) is 5. The number of hydrogen-bond acceptors (Lipinski definition) is 7. The standard InChI is InChI=1S/C32H49ClN6O6/c1-31(2,3)26(37-30(44)38-32(4,5)6)29(43)39-17-21(45-24-13-10-19(33)16-34-24)15-23(39)27(41)36-22(14-18-8-7-9-18)25(40)28(42)35-20-11-12-20/h10,13,16,18,20-23,25-26,40H,7-9,11-12,14-15,17H2,1-6H3,(H,35,42)(H,36,41)(H2,37,38,44)/t21?,22-,23-,25?,26+/m0/s1. The first kappa shape index (κ1) is 34.7. The SMILES string of the molecule is CC(C)(C)NC(=O)N[C@H](C(=O)N1CC(Oc2ccc(Cl)cn2)C[C@H]1C(=O)N[C@@H](CC1CCC1)C(O)C(=O)NC1CC1)C(C)(C)C. The molecule has 2 heterocycles. The molecule has 12 nitrogen and oxygen atoms in total. The zero-order valence-electron chi connectivity index (χ0n) is 27.2. The van der Waals surface area contributed by atoms with Gasteiger partial charge >= 0.3 is 6.03 Å². The molecule has 1 aliphatic heterocycles. The Morgan fingerprint density at radius 2 is 1.76 bits per heavy atom. The van der Waals surface area contributed by atoms with Crippen molar-refractivity contribution in [3.8, 4) is 5.88 Å². The van der Waals surface area contributed by atoms with Crippen molar-refractivity contribution in [3.63, 3.8) is 0 Å². The molecule has 0 spiro atoms. The Balaban J connectivity index is 1.57. The van der Waals surface area contributed by atoms with E-state index in [4.69, 9.17) is 16.3 Å². The average Bonchev–Trinajstić information content (AvgIpc) is 3.62. The van der Waals surface area contributed by atoms with Gasteiger partial charge in [-0.05, 0) is 57.4 Å². The van der Waals surface area contributed by atoms with Crippen LogP contribution in [0.5, 0.6) is 5.88 Å². The second kappa shape index (κ2) is 14.1. The number of halogens is 1. The molecule has 0 bridgehead atoms. The maximum Gasteiger partial charge on any atom is 0.315 e. The fourth-order valence-electron chi connectivity index (χ4n) is 5.63. The smallest absolute Gasteiger partial charge is 0.315 e. The van der Waals surface area contributed by atoms with E-state index < -0.39 is 65.0 Å². The molecule has 1 aromatic heterocycles. The van der Waals surface area contributed by atoms with Gasteiger partial charge in [0.15, 0.2) is 6.10 Å². The van der Waals surface area contributed by atoms with Crippen LogP contribution in [0.25, 0.3) is 0 Å². The topological polar surface area (TPSA) is 162 Å². The lowest BCUT2D eigenvalue weighted by molar-refractivity contribution is -0.143. The highest BCUT2D eigenvalue weighted by Crippen LogP contribution is 2.32. The first-order chi connectivity index (χ1) is 21.0. The molecule has 5 atom stereocenters. The largest absolute Gasteiger partial charge is 0.472 e. The molecule has 250 valence electrons.